The highest BCUT2D eigenvalue weighted by molar-refractivity contribution is 7.80. The molecule has 1 atom stereocenters. The zero-order valence-corrected chi connectivity index (χ0v) is 12.1. The number of thiocarbonyl (C=S) groups is 1. The van der Waals surface area contributed by atoms with Crippen molar-refractivity contribution < 1.29 is 14.3 Å². The van der Waals surface area contributed by atoms with Crippen LogP contribution in [0, 0.1) is 6.92 Å². The Morgan fingerprint density at radius 1 is 1.60 bits per heavy atom. The smallest absolute Gasteiger partial charge is 0.331 e. The Hall–Kier alpha value is -1.80. The van der Waals surface area contributed by atoms with Crippen LogP contribution < -0.4 is 10.6 Å². The number of anilines is 1. The summed E-state index contributed by atoms with van der Waals surface area (Å²) in [4.78, 5) is 22.4. The van der Waals surface area contributed by atoms with E-state index in [4.69, 9.17) is 27.4 Å². The molecular weight excluding hydrogens is 280 g/mol. The first-order valence-electron chi connectivity index (χ1n) is 6.10. The van der Waals surface area contributed by atoms with Gasteiger partial charge in [-0.15, -0.1) is 0 Å². The van der Waals surface area contributed by atoms with Gasteiger partial charge in [0, 0.05) is 12.2 Å². The SMILES string of the molecule is COC(=O)C1COCCN1c1nc(C)cc(C(N)=S)n1. The fourth-order valence-electron chi connectivity index (χ4n) is 1.98. The molecule has 1 aromatic rings. The van der Waals surface area contributed by atoms with Crippen molar-refractivity contribution in [2.75, 3.05) is 31.8 Å². The molecule has 2 rings (SSSR count). The van der Waals surface area contributed by atoms with Crippen molar-refractivity contribution >= 4 is 29.1 Å². The van der Waals surface area contributed by atoms with Crippen LogP contribution in [0.25, 0.3) is 0 Å². The average molecular weight is 296 g/mol. The summed E-state index contributed by atoms with van der Waals surface area (Å²) in [5, 5.41) is 0. The van der Waals surface area contributed by atoms with Gasteiger partial charge in [0.15, 0.2) is 6.04 Å². The van der Waals surface area contributed by atoms with E-state index < -0.39 is 6.04 Å². The molecule has 0 aromatic carbocycles. The van der Waals surface area contributed by atoms with Crippen LogP contribution in [0.5, 0.6) is 0 Å². The minimum atomic E-state index is -0.560. The van der Waals surface area contributed by atoms with Crippen molar-refractivity contribution in [3.8, 4) is 0 Å². The van der Waals surface area contributed by atoms with Gasteiger partial charge in [-0.1, -0.05) is 12.2 Å². The Labute approximate surface area is 122 Å². The van der Waals surface area contributed by atoms with E-state index in [-0.39, 0.29) is 17.6 Å². The van der Waals surface area contributed by atoms with Crippen LogP contribution in [0.4, 0.5) is 5.95 Å². The van der Waals surface area contributed by atoms with Crippen molar-refractivity contribution in [2.24, 2.45) is 5.73 Å². The van der Waals surface area contributed by atoms with E-state index in [0.717, 1.165) is 5.69 Å². The maximum atomic E-state index is 11.8. The largest absolute Gasteiger partial charge is 0.467 e. The highest BCUT2D eigenvalue weighted by Gasteiger charge is 2.32. The van der Waals surface area contributed by atoms with E-state index in [2.05, 4.69) is 9.97 Å². The summed E-state index contributed by atoms with van der Waals surface area (Å²) in [6, 6.07) is 1.15. The molecule has 0 amide bonds. The zero-order valence-electron chi connectivity index (χ0n) is 11.3. The molecule has 108 valence electrons. The molecule has 20 heavy (non-hydrogen) atoms. The van der Waals surface area contributed by atoms with Gasteiger partial charge >= 0.3 is 5.97 Å². The molecule has 0 radical (unpaired) electrons. The first-order valence-corrected chi connectivity index (χ1v) is 6.51. The summed E-state index contributed by atoms with van der Waals surface area (Å²) in [6.45, 7) is 3.06. The number of aryl methyl sites for hydroxylation is 1. The summed E-state index contributed by atoms with van der Waals surface area (Å²) in [7, 11) is 1.34. The summed E-state index contributed by atoms with van der Waals surface area (Å²) in [6.07, 6.45) is 0. The van der Waals surface area contributed by atoms with Gasteiger partial charge in [0.2, 0.25) is 5.95 Å². The molecule has 1 aliphatic heterocycles. The average Bonchev–Trinajstić information content (AvgIpc) is 2.45. The Balaban J connectivity index is 2.37. The van der Waals surface area contributed by atoms with Gasteiger partial charge in [0.05, 0.1) is 20.3 Å². The van der Waals surface area contributed by atoms with Crippen LogP contribution in [0.3, 0.4) is 0 Å². The Bertz CT molecular complexity index is 537. The molecule has 1 fully saturated rings. The standard InChI is InChI=1S/C12H16N4O3S/c1-7-5-8(10(13)20)15-12(14-7)16-3-4-19-6-9(16)11(17)18-2/h5,9H,3-4,6H2,1-2H3,(H2,13,20). The number of rotatable bonds is 3. The lowest BCUT2D eigenvalue weighted by Crippen LogP contribution is -2.51. The predicted octanol–water partition coefficient (Wildman–Crippen LogP) is -0.203. The normalized spacial score (nSPS) is 18.7. The number of methoxy groups -OCH3 is 1. The third-order valence-corrected chi connectivity index (χ3v) is 3.16. The number of hydrogen-bond acceptors (Lipinski definition) is 7. The second-order valence-corrected chi connectivity index (χ2v) is 4.81. The molecule has 7 nitrogen and oxygen atoms in total. The Morgan fingerprint density at radius 2 is 2.35 bits per heavy atom. The lowest BCUT2D eigenvalue weighted by Gasteiger charge is -2.33. The number of ether oxygens (including phenoxy) is 2. The Kier molecular flexibility index (Phi) is 4.46. The minimum Gasteiger partial charge on any atom is -0.467 e. The molecule has 0 spiro atoms. The van der Waals surface area contributed by atoms with Gasteiger partial charge < -0.3 is 20.1 Å². The maximum Gasteiger partial charge on any atom is 0.331 e. The van der Waals surface area contributed by atoms with Crippen molar-refractivity contribution in [3.05, 3.63) is 17.5 Å². The number of esters is 1. The molecule has 1 unspecified atom stereocenters. The molecule has 8 heteroatoms. The molecule has 0 saturated carbocycles. The van der Waals surface area contributed by atoms with E-state index >= 15 is 0 Å². The monoisotopic (exact) mass is 296 g/mol. The molecule has 2 heterocycles. The molecule has 0 aliphatic carbocycles. The fraction of sp³-hybridized carbons (Fsp3) is 0.500. The molecular formula is C12H16N4O3S. The number of nitrogens with two attached hydrogens (primary N) is 1. The molecule has 1 saturated heterocycles. The molecule has 0 bridgehead atoms. The van der Waals surface area contributed by atoms with Crippen molar-refractivity contribution in [1.29, 1.82) is 0 Å². The van der Waals surface area contributed by atoms with Crippen LogP contribution in [-0.4, -0.2) is 53.8 Å². The van der Waals surface area contributed by atoms with Gasteiger partial charge in [-0.05, 0) is 13.0 Å². The number of nitrogens with zero attached hydrogens (tertiary/aromatic N) is 3. The number of hydrogen-bond donors (Lipinski definition) is 1. The van der Waals surface area contributed by atoms with Crippen molar-refractivity contribution in [3.63, 3.8) is 0 Å². The molecule has 2 N–H and O–H groups in total. The van der Waals surface area contributed by atoms with E-state index in [9.17, 15) is 4.79 Å². The topological polar surface area (TPSA) is 90.6 Å². The van der Waals surface area contributed by atoms with Gasteiger partial charge in [-0.2, -0.15) is 0 Å². The second kappa shape index (κ2) is 6.10. The van der Waals surface area contributed by atoms with E-state index in [0.29, 0.717) is 24.8 Å². The Morgan fingerprint density at radius 3 is 3.00 bits per heavy atom. The fourth-order valence-corrected chi connectivity index (χ4v) is 2.09. The van der Waals surface area contributed by atoms with Crippen molar-refractivity contribution in [1.82, 2.24) is 9.97 Å². The van der Waals surface area contributed by atoms with E-state index in [1.165, 1.54) is 7.11 Å². The first kappa shape index (κ1) is 14.6. The van der Waals surface area contributed by atoms with Crippen LogP contribution in [0.15, 0.2) is 6.07 Å². The lowest BCUT2D eigenvalue weighted by atomic mass is 10.2. The quantitative estimate of drug-likeness (QED) is 0.605. The number of carbonyl (C=O) groups excluding carboxylic acids is 1. The van der Waals surface area contributed by atoms with Crippen LogP contribution >= 0.6 is 12.2 Å². The third kappa shape index (κ3) is 3.02. The van der Waals surface area contributed by atoms with Crippen LogP contribution in [0.1, 0.15) is 11.4 Å². The lowest BCUT2D eigenvalue weighted by molar-refractivity contribution is -0.144. The first-order chi connectivity index (χ1) is 9.52. The summed E-state index contributed by atoms with van der Waals surface area (Å²) >= 11 is 4.94. The van der Waals surface area contributed by atoms with Crippen molar-refractivity contribution in [2.45, 2.75) is 13.0 Å². The highest BCUT2D eigenvalue weighted by Crippen LogP contribution is 2.17. The molecule has 1 aliphatic rings. The van der Waals surface area contributed by atoms with Crippen LogP contribution in [-0.2, 0) is 14.3 Å². The van der Waals surface area contributed by atoms with Crippen LogP contribution in [0.2, 0.25) is 0 Å². The summed E-state index contributed by atoms with van der Waals surface area (Å²) in [5.41, 5.74) is 6.82. The van der Waals surface area contributed by atoms with Gasteiger partial charge in [-0.25, -0.2) is 14.8 Å². The van der Waals surface area contributed by atoms with Gasteiger partial charge in [-0.3, -0.25) is 0 Å². The number of aromatic nitrogens is 2. The predicted molar refractivity (Wildman–Crippen MR) is 76.6 cm³/mol. The number of carbonyl (C=O) groups is 1. The second-order valence-electron chi connectivity index (χ2n) is 4.37. The zero-order chi connectivity index (χ0) is 14.7. The van der Waals surface area contributed by atoms with Gasteiger partial charge in [0.1, 0.15) is 10.7 Å². The van der Waals surface area contributed by atoms with E-state index in [1.807, 2.05) is 6.92 Å². The van der Waals surface area contributed by atoms with Gasteiger partial charge in [0.25, 0.3) is 0 Å². The minimum absolute atomic E-state index is 0.194. The number of morpholine rings is 1. The molecule has 1 aromatic heterocycles. The van der Waals surface area contributed by atoms with E-state index in [1.54, 1.807) is 11.0 Å². The summed E-state index contributed by atoms with van der Waals surface area (Å²) < 4.78 is 10.1. The maximum absolute atomic E-state index is 11.8. The summed E-state index contributed by atoms with van der Waals surface area (Å²) in [5.74, 6) is 0.0261. The third-order valence-electron chi connectivity index (χ3n) is 2.95. The highest BCUT2D eigenvalue weighted by atomic mass is 32.1.